The second kappa shape index (κ2) is 8.67. The lowest BCUT2D eigenvalue weighted by Crippen LogP contribution is -2.32. The van der Waals surface area contributed by atoms with Crippen molar-refractivity contribution in [2.75, 3.05) is 6.79 Å². The average molecular weight is 384 g/mol. The average Bonchev–Trinajstić information content (AvgIpc) is 3.39. The highest BCUT2D eigenvalue weighted by molar-refractivity contribution is 5.78. The lowest BCUT2D eigenvalue weighted by atomic mass is 9.79. The van der Waals surface area contributed by atoms with Crippen molar-refractivity contribution in [2.24, 2.45) is 11.8 Å². The summed E-state index contributed by atoms with van der Waals surface area (Å²) >= 11 is 0. The summed E-state index contributed by atoms with van der Waals surface area (Å²) in [5.74, 6) is 3.18. The number of ether oxygens (including phenoxy) is 2. The summed E-state index contributed by atoms with van der Waals surface area (Å²) in [6.07, 6.45) is 8.23. The Balaban J connectivity index is 1.27. The molecule has 6 heteroatoms. The van der Waals surface area contributed by atoms with Gasteiger partial charge in [0, 0.05) is 17.5 Å². The number of rotatable bonds is 7. The zero-order valence-corrected chi connectivity index (χ0v) is 16.4. The maximum absolute atomic E-state index is 12.5. The third kappa shape index (κ3) is 4.32. The molecule has 2 heterocycles. The van der Waals surface area contributed by atoms with Crippen LogP contribution in [-0.2, 0) is 11.3 Å². The third-order valence-electron chi connectivity index (χ3n) is 5.84. The number of unbranched alkanes of at least 4 members (excludes halogenated alkanes) is 1. The van der Waals surface area contributed by atoms with Crippen molar-refractivity contribution in [1.29, 1.82) is 0 Å². The van der Waals surface area contributed by atoms with Gasteiger partial charge < -0.3 is 19.3 Å². The van der Waals surface area contributed by atoms with Crippen LogP contribution in [0.5, 0.6) is 11.5 Å². The Morgan fingerprint density at radius 1 is 1.14 bits per heavy atom. The van der Waals surface area contributed by atoms with E-state index in [9.17, 15) is 4.79 Å². The summed E-state index contributed by atoms with van der Waals surface area (Å²) in [4.78, 5) is 12.5. The van der Waals surface area contributed by atoms with Crippen molar-refractivity contribution < 1.29 is 18.8 Å². The van der Waals surface area contributed by atoms with Gasteiger partial charge in [-0.3, -0.25) is 4.79 Å². The molecule has 1 aliphatic heterocycles. The van der Waals surface area contributed by atoms with E-state index in [1.165, 1.54) is 32.1 Å². The van der Waals surface area contributed by atoms with Gasteiger partial charge in [0.25, 0.3) is 0 Å². The first-order chi connectivity index (χ1) is 13.7. The molecule has 1 N–H and O–H groups in total. The van der Waals surface area contributed by atoms with E-state index < -0.39 is 0 Å². The highest BCUT2D eigenvalue weighted by Crippen LogP contribution is 2.36. The van der Waals surface area contributed by atoms with Crippen LogP contribution < -0.4 is 14.8 Å². The van der Waals surface area contributed by atoms with E-state index in [1.807, 2.05) is 24.3 Å². The van der Waals surface area contributed by atoms with Gasteiger partial charge in [-0.2, -0.15) is 0 Å². The van der Waals surface area contributed by atoms with E-state index in [0.717, 1.165) is 35.8 Å². The quantitative estimate of drug-likeness (QED) is 0.750. The summed E-state index contributed by atoms with van der Waals surface area (Å²) in [7, 11) is 0. The van der Waals surface area contributed by atoms with E-state index >= 15 is 0 Å². The van der Waals surface area contributed by atoms with Crippen molar-refractivity contribution >= 4 is 5.91 Å². The van der Waals surface area contributed by atoms with E-state index in [0.29, 0.717) is 18.1 Å². The molecule has 6 nitrogen and oxygen atoms in total. The number of hydrogen-bond donors (Lipinski definition) is 1. The molecule has 0 unspecified atom stereocenters. The Morgan fingerprint density at radius 3 is 2.79 bits per heavy atom. The summed E-state index contributed by atoms with van der Waals surface area (Å²) in [6, 6.07) is 7.51. The first kappa shape index (κ1) is 18.8. The Kier molecular flexibility index (Phi) is 5.84. The molecular weight excluding hydrogens is 356 g/mol. The van der Waals surface area contributed by atoms with E-state index in [-0.39, 0.29) is 18.6 Å². The molecule has 4 rings (SSSR count). The van der Waals surface area contributed by atoms with Crippen LogP contribution in [0.3, 0.4) is 0 Å². The van der Waals surface area contributed by atoms with Crippen molar-refractivity contribution in [2.45, 2.75) is 58.4 Å². The standard InChI is InChI=1S/C22H28N2O4/c1-2-3-4-15-5-7-16(8-6-15)22(25)23-13-18-12-20(28-24-18)17-9-10-19-21(11-17)27-14-26-19/h9-12,15-16H,2-8,13-14H2,1H3,(H,23,25). The zero-order valence-electron chi connectivity index (χ0n) is 16.4. The number of carbonyl (C=O) groups excluding carboxylic acids is 1. The molecule has 1 amide bonds. The van der Waals surface area contributed by atoms with Gasteiger partial charge in [0.1, 0.15) is 5.69 Å². The number of carbonyl (C=O) groups is 1. The van der Waals surface area contributed by atoms with Crippen LogP contribution in [0.4, 0.5) is 0 Å². The normalized spacial score (nSPS) is 20.9. The monoisotopic (exact) mass is 384 g/mol. The third-order valence-corrected chi connectivity index (χ3v) is 5.84. The summed E-state index contributed by atoms with van der Waals surface area (Å²) in [5, 5.41) is 7.11. The molecule has 1 saturated carbocycles. The fourth-order valence-corrected chi connectivity index (χ4v) is 4.11. The smallest absolute Gasteiger partial charge is 0.231 e. The van der Waals surface area contributed by atoms with Crippen LogP contribution in [0.25, 0.3) is 11.3 Å². The first-order valence-corrected chi connectivity index (χ1v) is 10.4. The summed E-state index contributed by atoms with van der Waals surface area (Å²) in [5.41, 5.74) is 1.59. The van der Waals surface area contributed by atoms with Crippen LogP contribution in [0, 0.1) is 11.8 Å². The maximum Gasteiger partial charge on any atom is 0.231 e. The van der Waals surface area contributed by atoms with Gasteiger partial charge in [0.05, 0.1) is 6.54 Å². The highest BCUT2D eigenvalue weighted by Gasteiger charge is 2.26. The predicted molar refractivity (Wildman–Crippen MR) is 105 cm³/mol. The second-order valence-electron chi connectivity index (χ2n) is 7.83. The lowest BCUT2D eigenvalue weighted by molar-refractivity contribution is -0.126. The molecule has 0 radical (unpaired) electrons. The minimum Gasteiger partial charge on any atom is -0.454 e. The molecule has 1 aromatic carbocycles. The van der Waals surface area contributed by atoms with E-state index in [1.54, 1.807) is 0 Å². The van der Waals surface area contributed by atoms with E-state index in [4.69, 9.17) is 14.0 Å². The number of benzene rings is 1. The molecule has 1 aliphatic carbocycles. The summed E-state index contributed by atoms with van der Waals surface area (Å²) < 4.78 is 16.2. The molecule has 1 aromatic heterocycles. The van der Waals surface area contributed by atoms with Crippen molar-refractivity contribution in [1.82, 2.24) is 10.5 Å². The largest absolute Gasteiger partial charge is 0.454 e. The van der Waals surface area contributed by atoms with Gasteiger partial charge in [-0.25, -0.2) is 0 Å². The van der Waals surface area contributed by atoms with E-state index in [2.05, 4.69) is 17.4 Å². The number of fused-ring (bicyclic) bond motifs is 1. The molecule has 2 aromatic rings. The van der Waals surface area contributed by atoms with Gasteiger partial charge in [0.2, 0.25) is 12.7 Å². The minimum atomic E-state index is 0.137. The van der Waals surface area contributed by atoms with Crippen LogP contribution in [0.1, 0.15) is 57.6 Å². The van der Waals surface area contributed by atoms with Crippen LogP contribution >= 0.6 is 0 Å². The van der Waals surface area contributed by atoms with Crippen molar-refractivity contribution in [3.63, 3.8) is 0 Å². The number of amides is 1. The predicted octanol–water partition coefficient (Wildman–Crippen LogP) is 4.68. The maximum atomic E-state index is 12.5. The Labute approximate surface area is 165 Å². The fourth-order valence-electron chi connectivity index (χ4n) is 4.11. The number of nitrogens with one attached hydrogen (secondary N) is 1. The lowest BCUT2D eigenvalue weighted by Gasteiger charge is -2.27. The number of aromatic nitrogens is 1. The van der Waals surface area contributed by atoms with Crippen molar-refractivity contribution in [3.8, 4) is 22.8 Å². The van der Waals surface area contributed by atoms with Gasteiger partial charge >= 0.3 is 0 Å². The van der Waals surface area contributed by atoms with Crippen LogP contribution in [-0.4, -0.2) is 17.9 Å². The van der Waals surface area contributed by atoms with Gasteiger partial charge in [-0.05, 0) is 49.8 Å². The first-order valence-electron chi connectivity index (χ1n) is 10.4. The van der Waals surface area contributed by atoms with Gasteiger partial charge in [0.15, 0.2) is 17.3 Å². The highest BCUT2D eigenvalue weighted by atomic mass is 16.7. The molecule has 2 aliphatic rings. The van der Waals surface area contributed by atoms with Crippen LogP contribution in [0.2, 0.25) is 0 Å². The summed E-state index contributed by atoms with van der Waals surface area (Å²) in [6.45, 7) is 2.87. The van der Waals surface area contributed by atoms with Crippen molar-refractivity contribution in [3.05, 3.63) is 30.0 Å². The van der Waals surface area contributed by atoms with Gasteiger partial charge in [-0.1, -0.05) is 31.3 Å². The molecule has 0 spiro atoms. The molecule has 0 bridgehead atoms. The second-order valence-corrected chi connectivity index (χ2v) is 7.83. The SMILES string of the molecule is CCCCC1CCC(C(=O)NCc2cc(-c3ccc4c(c3)OCO4)on2)CC1. The zero-order chi connectivity index (χ0) is 19.3. The van der Waals surface area contributed by atoms with Crippen LogP contribution in [0.15, 0.2) is 28.8 Å². The van der Waals surface area contributed by atoms with Gasteiger partial charge in [-0.15, -0.1) is 0 Å². The molecule has 1 fully saturated rings. The number of nitrogens with zero attached hydrogens (tertiary/aromatic N) is 1. The molecule has 150 valence electrons. The molecular formula is C22H28N2O4. The Morgan fingerprint density at radius 2 is 1.96 bits per heavy atom. The minimum absolute atomic E-state index is 0.137. The topological polar surface area (TPSA) is 73.6 Å². The Hall–Kier alpha value is -2.50. The molecule has 0 atom stereocenters. The number of hydrogen-bond acceptors (Lipinski definition) is 5. The molecule has 28 heavy (non-hydrogen) atoms. The fraction of sp³-hybridized carbons (Fsp3) is 0.545. The Bertz CT molecular complexity index is 809. The molecule has 0 saturated heterocycles.